The van der Waals surface area contributed by atoms with Gasteiger partial charge in [-0.15, -0.1) is 11.3 Å². The number of carbonyl (C=O) groups is 2. The van der Waals surface area contributed by atoms with Gasteiger partial charge in [-0.05, 0) is 75.5 Å². The summed E-state index contributed by atoms with van der Waals surface area (Å²) in [5, 5.41) is 12.6. The number of benzene rings is 1. The van der Waals surface area contributed by atoms with Crippen molar-refractivity contribution in [3.63, 3.8) is 0 Å². The zero-order valence-electron chi connectivity index (χ0n) is 21.2. The van der Waals surface area contributed by atoms with Gasteiger partial charge in [0.1, 0.15) is 0 Å². The molecule has 0 aliphatic carbocycles. The van der Waals surface area contributed by atoms with E-state index in [-0.39, 0.29) is 11.4 Å². The Balaban J connectivity index is 2.00. The lowest BCUT2D eigenvalue weighted by Crippen LogP contribution is -2.33. The van der Waals surface area contributed by atoms with Gasteiger partial charge >= 0.3 is 0 Å². The van der Waals surface area contributed by atoms with Crippen LogP contribution in [0.15, 0.2) is 47.0 Å². The molecular weight excluding hydrogens is 464 g/mol. The predicted molar refractivity (Wildman–Crippen MR) is 138 cm³/mol. The number of nitrogens with zero attached hydrogens (tertiary/aromatic N) is 2. The first kappa shape index (κ1) is 26.8. The first-order valence-corrected chi connectivity index (χ1v) is 13.0. The summed E-state index contributed by atoms with van der Waals surface area (Å²) < 4.78 is 11.8. The summed E-state index contributed by atoms with van der Waals surface area (Å²) in [6.45, 7) is 8.38. The molecule has 0 saturated carbocycles. The molecule has 0 spiro atoms. The molecule has 0 fully saturated rings. The molecule has 1 amide bonds. The quantitative estimate of drug-likeness (QED) is 0.386. The minimum atomic E-state index is -0.705. The van der Waals surface area contributed by atoms with Crippen LogP contribution in [0.4, 0.5) is 0 Å². The van der Waals surface area contributed by atoms with E-state index in [1.54, 1.807) is 17.0 Å². The second-order valence-electron chi connectivity index (χ2n) is 9.30. The van der Waals surface area contributed by atoms with E-state index in [0.29, 0.717) is 54.0 Å². The van der Waals surface area contributed by atoms with Crippen LogP contribution in [-0.4, -0.2) is 67.0 Å². The van der Waals surface area contributed by atoms with E-state index in [1.165, 1.54) is 11.3 Å². The van der Waals surface area contributed by atoms with Gasteiger partial charge in [-0.25, -0.2) is 0 Å². The van der Waals surface area contributed by atoms with Gasteiger partial charge in [0.05, 0.1) is 29.7 Å². The Morgan fingerprint density at radius 1 is 1.20 bits per heavy atom. The van der Waals surface area contributed by atoms with Gasteiger partial charge in [0.15, 0.2) is 17.3 Å². The maximum Gasteiger partial charge on any atom is 0.290 e. The summed E-state index contributed by atoms with van der Waals surface area (Å²) >= 11 is 1.29. The molecule has 2 heterocycles. The molecule has 3 rings (SSSR count). The Kier molecular flexibility index (Phi) is 9.34. The van der Waals surface area contributed by atoms with Crippen LogP contribution in [0.2, 0.25) is 0 Å². The molecule has 1 N–H and O–H groups in total. The Morgan fingerprint density at radius 2 is 1.97 bits per heavy atom. The second-order valence-corrected chi connectivity index (χ2v) is 10.2. The molecule has 35 heavy (non-hydrogen) atoms. The van der Waals surface area contributed by atoms with E-state index >= 15 is 0 Å². The minimum Gasteiger partial charge on any atom is -0.503 e. The number of carbonyl (C=O) groups excluding carboxylic acids is 2. The van der Waals surface area contributed by atoms with Gasteiger partial charge in [0, 0.05) is 6.54 Å². The Morgan fingerprint density at radius 3 is 2.60 bits per heavy atom. The van der Waals surface area contributed by atoms with Crippen molar-refractivity contribution in [2.45, 2.75) is 39.7 Å². The number of hydrogen-bond donors (Lipinski definition) is 1. The molecule has 0 saturated heterocycles. The average molecular weight is 501 g/mol. The summed E-state index contributed by atoms with van der Waals surface area (Å²) in [5.74, 6) is 0.366. The summed E-state index contributed by atoms with van der Waals surface area (Å²) in [5.41, 5.74) is 0.810. The van der Waals surface area contributed by atoms with Crippen molar-refractivity contribution >= 4 is 23.0 Å². The third-order valence-electron chi connectivity index (χ3n) is 5.83. The van der Waals surface area contributed by atoms with E-state index < -0.39 is 17.7 Å². The van der Waals surface area contributed by atoms with Crippen LogP contribution in [0.25, 0.3) is 0 Å². The molecular formula is C27H36N2O5S. The molecule has 1 aliphatic rings. The molecule has 1 aliphatic heterocycles. The number of Topliss-reactive ketones (excluding diaryl/α,β-unsaturated/α-hetero) is 1. The lowest BCUT2D eigenvalue weighted by molar-refractivity contribution is -0.129. The highest BCUT2D eigenvalue weighted by Gasteiger charge is 2.44. The van der Waals surface area contributed by atoms with Crippen LogP contribution >= 0.6 is 11.3 Å². The summed E-state index contributed by atoms with van der Waals surface area (Å²) in [7, 11) is 3.94. The Hall–Kier alpha value is -2.84. The van der Waals surface area contributed by atoms with Gasteiger partial charge in [-0.1, -0.05) is 26.0 Å². The van der Waals surface area contributed by atoms with E-state index in [4.69, 9.17) is 9.47 Å². The fourth-order valence-electron chi connectivity index (χ4n) is 4.05. The summed E-state index contributed by atoms with van der Waals surface area (Å²) in [6.07, 6.45) is 1.62. The largest absolute Gasteiger partial charge is 0.503 e. The van der Waals surface area contributed by atoms with Crippen molar-refractivity contribution in [3.05, 3.63) is 57.5 Å². The maximum absolute atomic E-state index is 13.4. The highest BCUT2D eigenvalue weighted by Crippen LogP contribution is 2.42. The van der Waals surface area contributed by atoms with Gasteiger partial charge in [0.25, 0.3) is 5.91 Å². The van der Waals surface area contributed by atoms with E-state index in [9.17, 15) is 14.7 Å². The van der Waals surface area contributed by atoms with Crippen molar-refractivity contribution in [3.8, 4) is 11.5 Å². The average Bonchev–Trinajstić information content (AvgIpc) is 3.43. The normalized spacial score (nSPS) is 16.0. The third-order valence-corrected chi connectivity index (χ3v) is 6.70. The minimum absolute atomic E-state index is 0.109. The standard InChI is InChI=1S/C27H36N2O5S/c1-6-33-21-17-19(10-11-20(21)34-15-12-18(2)3)24-23(25(30)22-9-7-16-35-22)26(31)27(32)29(24)14-8-13-28(4)5/h7,9-11,16-18,24,31H,6,8,12-15H2,1-5H3. The molecule has 1 atom stereocenters. The van der Waals surface area contributed by atoms with Crippen LogP contribution in [0.5, 0.6) is 11.5 Å². The Bertz CT molecular complexity index is 1050. The number of aliphatic hydroxyl groups excluding tert-OH is 1. The molecule has 1 aromatic heterocycles. The molecule has 2 aromatic rings. The summed E-state index contributed by atoms with van der Waals surface area (Å²) in [6, 6.07) is 8.29. The zero-order valence-corrected chi connectivity index (χ0v) is 22.1. The molecule has 190 valence electrons. The smallest absolute Gasteiger partial charge is 0.290 e. The number of ketones is 1. The topological polar surface area (TPSA) is 79.3 Å². The third kappa shape index (κ3) is 6.44. The van der Waals surface area contributed by atoms with Crippen LogP contribution in [0, 0.1) is 5.92 Å². The van der Waals surface area contributed by atoms with Gasteiger partial charge in [-0.2, -0.15) is 0 Å². The zero-order chi connectivity index (χ0) is 25.5. The highest BCUT2D eigenvalue weighted by atomic mass is 32.1. The number of amides is 1. The fourth-order valence-corrected chi connectivity index (χ4v) is 4.73. The Labute approximate surface area is 212 Å². The molecule has 1 aromatic carbocycles. The van der Waals surface area contributed by atoms with Gasteiger partial charge in [0.2, 0.25) is 5.78 Å². The van der Waals surface area contributed by atoms with Gasteiger partial charge < -0.3 is 24.4 Å². The van der Waals surface area contributed by atoms with Gasteiger partial charge in [-0.3, -0.25) is 9.59 Å². The number of thiophene rings is 1. The lowest BCUT2D eigenvalue weighted by Gasteiger charge is -2.28. The van der Waals surface area contributed by atoms with Crippen LogP contribution < -0.4 is 9.47 Å². The van der Waals surface area contributed by atoms with Crippen molar-refractivity contribution in [2.24, 2.45) is 5.92 Å². The van der Waals surface area contributed by atoms with Crippen LogP contribution in [0.3, 0.4) is 0 Å². The fraction of sp³-hybridized carbons (Fsp3) is 0.481. The van der Waals surface area contributed by atoms with Crippen molar-refractivity contribution in [1.29, 1.82) is 0 Å². The maximum atomic E-state index is 13.4. The predicted octanol–water partition coefficient (Wildman–Crippen LogP) is 5.10. The number of ether oxygens (including phenoxy) is 2. The monoisotopic (exact) mass is 500 g/mol. The molecule has 8 heteroatoms. The van der Waals surface area contributed by atoms with E-state index in [0.717, 1.165) is 13.0 Å². The van der Waals surface area contributed by atoms with Crippen molar-refractivity contribution in [1.82, 2.24) is 9.80 Å². The van der Waals surface area contributed by atoms with E-state index in [1.807, 2.05) is 49.5 Å². The van der Waals surface area contributed by atoms with E-state index in [2.05, 4.69) is 13.8 Å². The highest BCUT2D eigenvalue weighted by molar-refractivity contribution is 7.12. The molecule has 1 unspecified atom stereocenters. The SMILES string of the molecule is CCOc1cc(C2C(C(=O)c3cccs3)=C(O)C(=O)N2CCCN(C)C)ccc1OCCC(C)C. The molecule has 0 bridgehead atoms. The van der Waals surface area contributed by atoms with Crippen molar-refractivity contribution in [2.75, 3.05) is 40.4 Å². The number of hydrogen-bond acceptors (Lipinski definition) is 7. The van der Waals surface area contributed by atoms with Crippen molar-refractivity contribution < 1.29 is 24.2 Å². The molecule has 7 nitrogen and oxygen atoms in total. The number of aliphatic hydroxyl groups is 1. The summed E-state index contributed by atoms with van der Waals surface area (Å²) in [4.78, 5) is 30.6. The number of rotatable bonds is 13. The second kappa shape index (κ2) is 12.2. The first-order chi connectivity index (χ1) is 16.7. The first-order valence-electron chi connectivity index (χ1n) is 12.1. The lowest BCUT2D eigenvalue weighted by atomic mass is 9.95. The molecule has 0 radical (unpaired) electrons. The van der Waals surface area contributed by atoms with Crippen LogP contribution in [0.1, 0.15) is 54.9 Å². The van der Waals surface area contributed by atoms with Crippen LogP contribution in [-0.2, 0) is 4.79 Å².